The number of hydrogen-bond donors (Lipinski definition) is 3. The van der Waals surface area contributed by atoms with E-state index >= 15 is 0 Å². The number of unbranched alkanes of at least 4 members (excludes halogenated alkanes) is 1. The summed E-state index contributed by atoms with van der Waals surface area (Å²) in [6, 6.07) is -0.182. The van der Waals surface area contributed by atoms with Crippen LogP contribution < -0.4 is 5.32 Å². The number of carbonyl (C=O) groups excluding carboxylic acids is 1. The number of nitrogens with zero attached hydrogens (tertiary/aromatic N) is 1. The Morgan fingerprint density at radius 1 is 1.41 bits per heavy atom. The van der Waals surface area contributed by atoms with Crippen LogP contribution in [0.25, 0.3) is 0 Å². The van der Waals surface area contributed by atoms with Crippen molar-refractivity contribution in [3.63, 3.8) is 0 Å². The molecule has 6 heteroatoms. The minimum atomic E-state index is -0.813. The number of amides is 2. The molecule has 0 aromatic rings. The van der Waals surface area contributed by atoms with E-state index < -0.39 is 11.6 Å². The van der Waals surface area contributed by atoms with E-state index in [9.17, 15) is 14.7 Å². The van der Waals surface area contributed by atoms with Crippen molar-refractivity contribution in [2.75, 3.05) is 19.6 Å². The fraction of sp³-hybridized carbons (Fsp3) is 0.818. The van der Waals surface area contributed by atoms with Crippen LogP contribution in [0.3, 0.4) is 0 Å². The zero-order valence-electron chi connectivity index (χ0n) is 10.1. The summed E-state index contributed by atoms with van der Waals surface area (Å²) in [6.07, 6.45) is 1.95. The van der Waals surface area contributed by atoms with Crippen LogP contribution in [0, 0.1) is 0 Å². The van der Waals surface area contributed by atoms with Crippen LogP contribution in [0.1, 0.15) is 32.6 Å². The third kappa shape index (κ3) is 5.04. The fourth-order valence-corrected chi connectivity index (χ4v) is 1.83. The molecule has 0 aromatic heterocycles. The van der Waals surface area contributed by atoms with E-state index in [-0.39, 0.29) is 12.5 Å². The van der Waals surface area contributed by atoms with Crippen molar-refractivity contribution in [1.82, 2.24) is 10.2 Å². The van der Waals surface area contributed by atoms with E-state index in [1.165, 1.54) is 0 Å². The molecule has 1 fully saturated rings. The standard InChI is InChI=1S/C11H20N2O4/c1-11(17)5-7-13(8-11)10(16)12-6-3-2-4-9(14)15/h17H,2-8H2,1H3,(H,12,16)(H,14,15). The van der Waals surface area contributed by atoms with Crippen LogP contribution in [-0.2, 0) is 4.79 Å². The van der Waals surface area contributed by atoms with Gasteiger partial charge in [-0.3, -0.25) is 4.79 Å². The SMILES string of the molecule is CC1(O)CCN(C(=O)NCCCCC(=O)O)C1. The molecule has 1 atom stereocenters. The Kier molecular flexibility index (Phi) is 4.74. The maximum Gasteiger partial charge on any atom is 0.317 e. The topological polar surface area (TPSA) is 89.9 Å². The Morgan fingerprint density at radius 3 is 2.65 bits per heavy atom. The van der Waals surface area contributed by atoms with Crippen LogP contribution in [0.5, 0.6) is 0 Å². The second kappa shape index (κ2) is 5.86. The Bertz CT molecular complexity index is 291. The average molecular weight is 244 g/mol. The summed E-state index contributed by atoms with van der Waals surface area (Å²) in [5.41, 5.74) is -0.777. The first-order valence-electron chi connectivity index (χ1n) is 5.88. The quantitative estimate of drug-likeness (QED) is 0.611. The van der Waals surface area contributed by atoms with Crippen LogP contribution in [-0.4, -0.2) is 52.3 Å². The van der Waals surface area contributed by atoms with Crippen molar-refractivity contribution in [3.8, 4) is 0 Å². The molecule has 17 heavy (non-hydrogen) atoms. The minimum absolute atomic E-state index is 0.133. The molecule has 1 aliphatic heterocycles. The summed E-state index contributed by atoms with van der Waals surface area (Å²) >= 11 is 0. The van der Waals surface area contributed by atoms with E-state index in [0.717, 1.165) is 0 Å². The first-order chi connectivity index (χ1) is 7.91. The van der Waals surface area contributed by atoms with Gasteiger partial charge < -0.3 is 20.4 Å². The molecule has 0 bridgehead atoms. The summed E-state index contributed by atoms with van der Waals surface area (Å²) in [7, 11) is 0. The number of aliphatic hydroxyl groups is 1. The molecule has 0 spiro atoms. The van der Waals surface area contributed by atoms with E-state index in [4.69, 9.17) is 5.11 Å². The Balaban J connectivity index is 2.12. The van der Waals surface area contributed by atoms with E-state index in [2.05, 4.69) is 5.32 Å². The maximum atomic E-state index is 11.6. The highest BCUT2D eigenvalue weighted by molar-refractivity contribution is 5.74. The molecular weight excluding hydrogens is 224 g/mol. The molecule has 0 aliphatic carbocycles. The van der Waals surface area contributed by atoms with Crippen molar-refractivity contribution in [2.45, 2.75) is 38.2 Å². The predicted octanol–water partition coefficient (Wildman–Crippen LogP) is 0.408. The maximum absolute atomic E-state index is 11.6. The van der Waals surface area contributed by atoms with E-state index in [1.807, 2.05) is 0 Å². The highest BCUT2D eigenvalue weighted by atomic mass is 16.4. The van der Waals surface area contributed by atoms with Gasteiger partial charge in [-0.05, 0) is 26.2 Å². The van der Waals surface area contributed by atoms with Crippen molar-refractivity contribution >= 4 is 12.0 Å². The van der Waals surface area contributed by atoms with Crippen molar-refractivity contribution in [2.24, 2.45) is 0 Å². The second-order valence-electron chi connectivity index (χ2n) is 4.75. The number of carboxylic acids is 1. The summed E-state index contributed by atoms with van der Waals surface area (Å²) in [4.78, 5) is 23.5. The van der Waals surface area contributed by atoms with Crippen molar-refractivity contribution in [1.29, 1.82) is 0 Å². The van der Waals surface area contributed by atoms with Crippen molar-refractivity contribution < 1.29 is 19.8 Å². The number of urea groups is 1. The molecule has 6 nitrogen and oxygen atoms in total. The molecule has 1 saturated heterocycles. The number of carboxylic acid groups (broad SMARTS) is 1. The Morgan fingerprint density at radius 2 is 2.12 bits per heavy atom. The first-order valence-corrected chi connectivity index (χ1v) is 5.88. The number of likely N-dealkylation sites (tertiary alicyclic amines) is 1. The molecule has 98 valence electrons. The molecule has 0 saturated carbocycles. The molecule has 0 aromatic carbocycles. The fourth-order valence-electron chi connectivity index (χ4n) is 1.83. The Labute approximate surface area is 101 Å². The molecule has 1 aliphatic rings. The largest absolute Gasteiger partial charge is 0.481 e. The summed E-state index contributed by atoms with van der Waals surface area (Å²) in [5.74, 6) is -0.813. The third-order valence-electron chi connectivity index (χ3n) is 2.83. The summed E-state index contributed by atoms with van der Waals surface area (Å²) < 4.78 is 0. The molecule has 0 radical (unpaired) electrons. The van der Waals surface area contributed by atoms with Crippen LogP contribution in [0.4, 0.5) is 4.79 Å². The lowest BCUT2D eigenvalue weighted by Gasteiger charge is -2.19. The Hall–Kier alpha value is -1.30. The number of β-amino-alcohol motifs (C(OH)–C–C–N with tert-alkyl or cyclic N) is 1. The van der Waals surface area contributed by atoms with Gasteiger partial charge in [-0.2, -0.15) is 0 Å². The van der Waals surface area contributed by atoms with Crippen LogP contribution in [0.15, 0.2) is 0 Å². The predicted molar refractivity (Wildman–Crippen MR) is 61.7 cm³/mol. The summed E-state index contributed by atoms with van der Waals surface area (Å²) in [6.45, 7) is 3.11. The smallest absolute Gasteiger partial charge is 0.317 e. The van der Waals surface area contributed by atoms with E-state index in [0.29, 0.717) is 38.9 Å². The molecule has 1 heterocycles. The number of rotatable bonds is 5. The van der Waals surface area contributed by atoms with Crippen LogP contribution >= 0.6 is 0 Å². The number of hydrogen-bond acceptors (Lipinski definition) is 3. The second-order valence-corrected chi connectivity index (χ2v) is 4.75. The van der Waals surface area contributed by atoms with Gasteiger partial charge in [0, 0.05) is 19.5 Å². The van der Waals surface area contributed by atoms with Gasteiger partial charge in [0.15, 0.2) is 0 Å². The van der Waals surface area contributed by atoms with Gasteiger partial charge in [-0.25, -0.2) is 4.79 Å². The lowest BCUT2D eigenvalue weighted by molar-refractivity contribution is -0.137. The number of nitrogens with one attached hydrogen (secondary N) is 1. The first kappa shape index (κ1) is 13.8. The van der Waals surface area contributed by atoms with Crippen molar-refractivity contribution in [3.05, 3.63) is 0 Å². The molecule has 1 unspecified atom stereocenters. The van der Waals surface area contributed by atoms with Gasteiger partial charge in [0.05, 0.1) is 12.1 Å². The molecule has 2 amide bonds. The van der Waals surface area contributed by atoms with Gasteiger partial charge in [-0.15, -0.1) is 0 Å². The molecule has 1 rings (SSSR count). The van der Waals surface area contributed by atoms with Crippen LogP contribution in [0.2, 0.25) is 0 Å². The summed E-state index contributed by atoms with van der Waals surface area (Å²) in [5, 5.41) is 20.8. The zero-order chi connectivity index (χ0) is 12.9. The van der Waals surface area contributed by atoms with Gasteiger partial charge in [0.1, 0.15) is 0 Å². The monoisotopic (exact) mass is 244 g/mol. The normalized spacial score (nSPS) is 23.8. The zero-order valence-corrected chi connectivity index (χ0v) is 10.1. The molecular formula is C11H20N2O4. The number of carbonyl (C=O) groups is 2. The van der Waals surface area contributed by atoms with Gasteiger partial charge in [0.25, 0.3) is 0 Å². The average Bonchev–Trinajstić information content (AvgIpc) is 2.57. The van der Waals surface area contributed by atoms with E-state index in [1.54, 1.807) is 11.8 Å². The number of aliphatic carboxylic acids is 1. The third-order valence-corrected chi connectivity index (χ3v) is 2.83. The lowest BCUT2D eigenvalue weighted by Crippen LogP contribution is -2.41. The van der Waals surface area contributed by atoms with Gasteiger partial charge in [-0.1, -0.05) is 0 Å². The van der Waals surface area contributed by atoms with Gasteiger partial charge >= 0.3 is 12.0 Å². The highest BCUT2D eigenvalue weighted by Gasteiger charge is 2.33. The highest BCUT2D eigenvalue weighted by Crippen LogP contribution is 2.19. The minimum Gasteiger partial charge on any atom is -0.481 e. The molecule has 3 N–H and O–H groups in total. The lowest BCUT2D eigenvalue weighted by atomic mass is 10.1. The van der Waals surface area contributed by atoms with Gasteiger partial charge in [0.2, 0.25) is 0 Å².